The van der Waals surface area contributed by atoms with Gasteiger partial charge in [0.15, 0.2) is 5.75 Å². The van der Waals surface area contributed by atoms with Crippen molar-refractivity contribution in [2.45, 2.75) is 6.10 Å². The van der Waals surface area contributed by atoms with Gasteiger partial charge >= 0.3 is 0 Å². The van der Waals surface area contributed by atoms with Gasteiger partial charge in [0.05, 0.1) is 12.2 Å². The van der Waals surface area contributed by atoms with Crippen molar-refractivity contribution in [3.63, 3.8) is 0 Å². The van der Waals surface area contributed by atoms with Gasteiger partial charge in [-0.1, -0.05) is 35.9 Å². The largest absolute Gasteiger partial charge is 0.484 e. The molecule has 20 heavy (non-hydrogen) atoms. The summed E-state index contributed by atoms with van der Waals surface area (Å²) in [5.41, 5.74) is 8.96. The van der Waals surface area contributed by atoms with Crippen molar-refractivity contribution in [3.05, 3.63) is 47.5 Å². The van der Waals surface area contributed by atoms with Gasteiger partial charge in [-0.05, 0) is 23.8 Å². The molecule has 104 valence electrons. The highest BCUT2D eigenvalue weighted by molar-refractivity contribution is 6.30. The third kappa shape index (κ3) is 2.35. The summed E-state index contributed by atoms with van der Waals surface area (Å²) in [6.45, 7) is 1.32. The lowest BCUT2D eigenvalue weighted by Crippen LogP contribution is -2.42. The normalized spacial score (nSPS) is 17.6. The van der Waals surface area contributed by atoms with Crippen molar-refractivity contribution in [1.29, 1.82) is 0 Å². The molecule has 1 heterocycles. The summed E-state index contributed by atoms with van der Waals surface area (Å²) in [6, 6.07) is 14.0. The topological polar surface area (TPSA) is 38.5 Å². The molecule has 2 aromatic carbocycles. The number of hydrogen-bond acceptors (Lipinski definition) is 3. The number of rotatable bonds is 2. The molecule has 0 saturated carbocycles. The van der Waals surface area contributed by atoms with Crippen LogP contribution in [0.5, 0.6) is 5.75 Å². The number of fused-ring (bicyclic) bond motifs is 1. The summed E-state index contributed by atoms with van der Waals surface area (Å²) < 4.78 is 6.07. The average Bonchev–Trinajstić information content (AvgIpc) is 2.46. The molecular weight excluding hydrogens is 272 g/mol. The fraction of sp³-hybridized carbons (Fsp3) is 0.250. The monoisotopic (exact) mass is 288 g/mol. The second-order valence-corrected chi connectivity index (χ2v) is 5.46. The summed E-state index contributed by atoms with van der Waals surface area (Å²) in [5, 5.41) is 0.722. The van der Waals surface area contributed by atoms with E-state index in [1.165, 1.54) is 0 Å². The van der Waals surface area contributed by atoms with E-state index in [1.54, 1.807) is 0 Å². The third-order valence-electron chi connectivity index (χ3n) is 3.57. The van der Waals surface area contributed by atoms with Crippen molar-refractivity contribution >= 4 is 17.3 Å². The van der Waals surface area contributed by atoms with Crippen LogP contribution < -0.4 is 15.4 Å². The first-order chi connectivity index (χ1) is 9.69. The fourth-order valence-corrected chi connectivity index (χ4v) is 2.75. The number of halogens is 1. The van der Waals surface area contributed by atoms with E-state index in [9.17, 15) is 0 Å². The molecule has 1 atom stereocenters. The first-order valence-corrected chi connectivity index (χ1v) is 7.03. The molecular formula is C16H17ClN2O. The van der Waals surface area contributed by atoms with Gasteiger partial charge in [-0.25, -0.2) is 0 Å². The second-order valence-electron chi connectivity index (χ2n) is 5.02. The van der Waals surface area contributed by atoms with Crippen molar-refractivity contribution in [2.75, 3.05) is 25.0 Å². The van der Waals surface area contributed by atoms with E-state index >= 15 is 0 Å². The maximum atomic E-state index is 6.09. The minimum Gasteiger partial charge on any atom is -0.484 e. The van der Waals surface area contributed by atoms with Gasteiger partial charge in [0, 0.05) is 24.2 Å². The van der Waals surface area contributed by atoms with Crippen LogP contribution in [0.15, 0.2) is 42.5 Å². The molecule has 4 heteroatoms. The van der Waals surface area contributed by atoms with E-state index in [2.05, 4.69) is 24.1 Å². The van der Waals surface area contributed by atoms with E-state index in [4.69, 9.17) is 22.1 Å². The zero-order chi connectivity index (χ0) is 14.1. The minimum atomic E-state index is 0.0211. The minimum absolute atomic E-state index is 0.0211. The Balaban J connectivity index is 2.12. The molecule has 3 nitrogen and oxygen atoms in total. The molecule has 2 N–H and O–H groups in total. The van der Waals surface area contributed by atoms with Crippen LogP contribution in [0.3, 0.4) is 0 Å². The van der Waals surface area contributed by atoms with Crippen molar-refractivity contribution in [1.82, 2.24) is 0 Å². The lowest BCUT2D eigenvalue weighted by atomic mass is 10.0. The third-order valence-corrected chi connectivity index (χ3v) is 3.80. The summed E-state index contributed by atoms with van der Waals surface area (Å²) in [6.07, 6.45) is 0.0211. The summed E-state index contributed by atoms with van der Waals surface area (Å²) in [7, 11) is 2.06. The van der Waals surface area contributed by atoms with Gasteiger partial charge in [0.1, 0.15) is 6.10 Å². The maximum Gasteiger partial charge on any atom is 0.150 e. The number of ether oxygens (including phenoxy) is 1. The van der Waals surface area contributed by atoms with E-state index in [0.717, 1.165) is 34.1 Å². The maximum absolute atomic E-state index is 6.09. The van der Waals surface area contributed by atoms with E-state index in [0.29, 0.717) is 6.54 Å². The van der Waals surface area contributed by atoms with Crippen molar-refractivity contribution < 1.29 is 4.74 Å². The number of nitrogens with two attached hydrogens (primary N) is 1. The van der Waals surface area contributed by atoms with Crippen LogP contribution in [-0.2, 0) is 0 Å². The zero-order valence-corrected chi connectivity index (χ0v) is 12.1. The molecule has 0 aliphatic carbocycles. The Bertz CT molecular complexity index is 630. The Hall–Kier alpha value is -1.71. The number of para-hydroxylation sites is 1. The quantitative estimate of drug-likeness (QED) is 0.922. The number of nitrogens with zero attached hydrogens (tertiary/aromatic N) is 1. The second kappa shape index (κ2) is 5.35. The molecule has 0 aromatic heterocycles. The molecule has 0 radical (unpaired) electrons. The Morgan fingerprint density at radius 1 is 1.30 bits per heavy atom. The SMILES string of the molecule is CN1CC(CN)Oc2c(-c3cccc(Cl)c3)cccc21. The van der Waals surface area contributed by atoms with E-state index in [1.807, 2.05) is 30.3 Å². The van der Waals surface area contributed by atoms with E-state index < -0.39 is 0 Å². The molecule has 0 spiro atoms. The highest BCUT2D eigenvalue weighted by Gasteiger charge is 2.25. The van der Waals surface area contributed by atoms with Crippen LogP contribution in [0.4, 0.5) is 5.69 Å². The van der Waals surface area contributed by atoms with Crippen LogP contribution in [0, 0.1) is 0 Å². The summed E-state index contributed by atoms with van der Waals surface area (Å²) in [5.74, 6) is 0.888. The number of hydrogen-bond donors (Lipinski definition) is 1. The molecule has 0 bridgehead atoms. The highest BCUT2D eigenvalue weighted by Crippen LogP contribution is 2.41. The van der Waals surface area contributed by atoms with Crippen LogP contribution in [0.2, 0.25) is 5.02 Å². The standard InChI is InChI=1S/C16H17ClN2O/c1-19-10-13(9-18)20-16-14(6-3-7-15(16)19)11-4-2-5-12(17)8-11/h2-8,13H,9-10,18H2,1H3. The smallest absolute Gasteiger partial charge is 0.150 e. The molecule has 0 amide bonds. The van der Waals surface area contributed by atoms with Crippen LogP contribution in [0.1, 0.15) is 0 Å². The zero-order valence-electron chi connectivity index (χ0n) is 11.3. The van der Waals surface area contributed by atoms with Gasteiger partial charge < -0.3 is 15.4 Å². The van der Waals surface area contributed by atoms with Gasteiger partial charge in [0.2, 0.25) is 0 Å². The lowest BCUT2D eigenvalue weighted by molar-refractivity contribution is 0.205. The Labute approximate surface area is 123 Å². The first kappa shape index (κ1) is 13.3. The average molecular weight is 289 g/mol. The van der Waals surface area contributed by atoms with Crippen LogP contribution >= 0.6 is 11.6 Å². The lowest BCUT2D eigenvalue weighted by Gasteiger charge is -2.34. The van der Waals surface area contributed by atoms with Crippen LogP contribution in [0.25, 0.3) is 11.1 Å². The molecule has 3 rings (SSSR count). The number of likely N-dealkylation sites (N-methyl/N-ethyl adjacent to an activating group) is 1. The Morgan fingerprint density at radius 2 is 2.10 bits per heavy atom. The van der Waals surface area contributed by atoms with Crippen molar-refractivity contribution in [3.8, 4) is 16.9 Å². The molecule has 0 saturated heterocycles. The van der Waals surface area contributed by atoms with E-state index in [-0.39, 0.29) is 6.10 Å². The first-order valence-electron chi connectivity index (χ1n) is 6.66. The van der Waals surface area contributed by atoms with Crippen molar-refractivity contribution in [2.24, 2.45) is 5.73 Å². The molecule has 0 fully saturated rings. The molecule has 2 aromatic rings. The van der Waals surface area contributed by atoms with Gasteiger partial charge in [-0.3, -0.25) is 0 Å². The molecule has 1 aliphatic rings. The number of benzene rings is 2. The summed E-state index contributed by atoms with van der Waals surface area (Å²) >= 11 is 6.09. The van der Waals surface area contributed by atoms with Gasteiger partial charge in [-0.2, -0.15) is 0 Å². The number of anilines is 1. The van der Waals surface area contributed by atoms with Gasteiger partial charge in [-0.15, -0.1) is 0 Å². The van der Waals surface area contributed by atoms with Gasteiger partial charge in [0.25, 0.3) is 0 Å². The molecule has 1 aliphatic heterocycles. The molecule has 1 unspecified atom stereocenters. The predicted octanol–water partition coefficient (Wildman–Crippen LogP) is 3.16. The Kier molecular flexibility index (Phi) is 3.55. The highest BCUT2D eigenvalue weighted by atomic mass is 35.5. The predicted molar refractivity (Wildman–Crippen MR) is 83.6 cm³/mol. The summed E-state index contributed by atoms with van der Waals surface area (Å²) in [4.78, 5) is 2.18. The fourth-order valence-electron chi connectivity index (χ4n) is 2.56. The Morgan fingerprint density at radius 3 is 2.85 bits per heavy atom. The van der Waals surface area contributed by atoms with Crippen LogP contribution in [-0.4, -0.2) is 26.2 Å².